The van der Waals surface area contributed by atoms with E-state index in [0.29, 0.717) is 41.1 Å². The van der Waals surface area contributed by atoms with Gasteiger partial charge in [0.25, 0.3) is 0 Å². The van der Waals surface area contributed by atoms with Crippen molar-refractivity contribution in [3.63, 3.8) is 0 Å². The molecular weight excluding hydrogens is 446 g/mol. The lowest BCUT2D eigenvalue weighted by Crippen LogP contribution is -2.19. The van der Waals surface area contributed by atoms with Gasteiger partial charge in [-0.2, -0.15) is 13.2 Å². The number of anilines is 1. The van der Waals surface area contributed by atoms with Gasteiger partial charge in [-0.1, -0.05) is 11.6 Å². The molecule has 0 amide bonds. The Morgan fingerprint density at radius 3 is 2.41 bits per heavy atom. The molecule has 0 saturated carbocycles. The highest BCUT2D eigenvalue weighted by Crippen LogP contribution is 2.31. The third-order valence-corrected chi connectivity index (χ3v) is 5.10. The van der Waals surface area contributed by atoms with Gasteiger partial charge in [0.2, 0.25) is 0 Å². The molecular formula is C23H20ClF4N3O. The molecule has 0 unspecified atom stereocenters. The van der Waals surface area contributed by atoms with E-state index in [-0.39, 0.29) is 22.1 Å². The zero-order valence-electron chi connectivity index (χ0n) is 17.0. The Morgan fingerprint density at radius 2 is 1.78 bits per heavy atom. The van der Waals surface area contributed by atoms with E-state index in [0.717, 1.165) is 6.08 Å². The molecule has 4 N–H and O–H groups in total. The van der Waals surface area contributed by atoms with Crippen molar-refractivity contribution in [2.24, 2.45) is 5.73 Å². The summed E-state index contributed by atoms with van der Waals surface area (Å²) in [5, 5.41) is 0.137. The number of aromatic nitrogens is 1. The number of ether oxygens (including phenoxy) is 1. The number of hydrogen-bond donors (Lipinski definition) is 2. The van der Waals surface area contributed by atoms with Gasteiger partial charge in [-0.15, -0.1) is 0 Å². The molecule has 0 bridgehead atoms. The molecule has 0 saturated heterocycles. The summed E-state index contributed by atoms with van der Waals surface area (Å²) in [7, 11) is 1.52. The molecule has 0 aliphatic heterocycles. The number of nitrogens with two attached hydrogens (primary N) is 2. The maximum Gasteiger partial charge on any atom is 0.430 e. The molecule has 0 spiro atoms. The van der Waals surface area contributed by atoms with Gasteiger partial charge in [0.1, 0.15) is 23.0 Å². The van der Waals surface area contributed by atoms with Crippen LogP contribution in [0.1, 0.15) is 16.8 Å². The zero-order chi connectivity index (χ0) is 23.5. The topological polar surface area (TPSA) is 74.2 Å². The molecule has 3 aromatic rings. The fraction of sp³-hybridized carbons (Fsp3) is 0.174. The van der Waals surface area contributed by atoms with Crippen molar-refractivity contribution in [2.45, 2.75) is 19.0 Å². The molecule has 32 heavy (non-hydrogen) atoms. The van der Waals surface area contributed by atoms with Gasteiger partial charge in [-0.3, -0.25) is 0 Å². The third-order valence-electron chi connectivity index (χ3n) is 4.78. The molecule has 0 radical (unpaired) electrons. The van der Waals surface area contributed by atoms with Crippen molar-refractivity contribution in [3.05, 3.63) is 81.9 Å². The molecule has 2 aromatic carbocycles. The van der Waals surface area contributed by atoms with Crippen molar-refractivity contribution in [1.82, 2.24) is 4.98 Å². The van der Waals surface area contributed by atoms with Crippen LogP contribution >= 0.6 is 11.6 Å². The van der Waals surface area contributed by atoms with Gasteiger partial charge in [-0.05, 0) is 73.0 Å². The molecule has 0 fully saturated rings. The largest absolute Gasteiger partial charge is 0.494 e. The lowest BCUT2D eigenvalue weighted by Gasteiger charge is -2.12. The first-order valence-electron chi connectivity index (χ1n) is 9.50. The van der Waals surface area contributed by atoms with Gasteiger partial charge in [0.15, 0.2) is 0 Å². The molecule has 0 aliphatic rings. The van der Waals surface area contributed by atoms with Crippen LogP contribution in [0, 0.1) is 5.82 Å². The Labute approximate surface area is 187 Å². The van der Waals surface area contributed by atoms with Crippen molar-refractivity contribution in [3.8, 4) is 17.0 Å². The van der Waals surface area contributed by atoms with E-state index in [9.17, 15) is 17.6 Å². The van der Waals surface area contributed by atoms with Crippen LogP contribution < -0.4 is 16.2 Å². The number of halogens is 5. The molecule has 0 atom stereocenters. The van der Waals surface area contributed by atoms with Crippen LogP contribution in [0.3, 0.4) is 0 Å². The average Bonchev–Trinajstić information content (AvgIpc) is 2.75. The lowest BCUT2D eigenvalue weighted by atomic mass is 10.0. The van der Waals surface area contributed by atoms with Gasteiger partial charge >= 0.3 is 6.18 Å². The van der Waals surface area contributed by atoms with E-state index >= 15 is 0 Å². The Morgan fingerprint density at radius 1 is 1.09 bits per heavy atom. The second-order valence-corrected chi connectivity index (χ2v) is 7.45. The van der Waals surface area contributed by atoms with Crippen molar-refractivity contribution in [1.29, 1.82) is 0 Å². The highest BCUT2D eigenvalue weighted by atomic mass is 35.5. The first-order valence-corrected chi connectivity index (χ1v) is 9.88. The van der Waals surface area contributed by atoms with Crippen LogP contribution in [0.5, 0.6) is 5.75 Å². The first kappa shape index (κ1) is 23.4. The monoisotopic (exact) mass is 465 g/mol. The Kier molecular flexibility index (Phi) is 6.93. The normalized spacial score (nSPS) is 12.1. The van der Waals surface area contributed by atoms with E-state index in [1.165, 1.54) is 25.3 Å². The number of rotatable bonds is 6. The summed E-state index contributed by atoms with van der Waals surface area (Å²) in [6.07, 6.45) is -2.99. The number of hydrogen-bond acceptors (Lipinski definition) is 4. The van der Waals surface area contributed by atoms with Crippen molar-refractivity contribution >= 4 is 23.4 Å². The molecule has 0 aliphatic carbocycles. The lowest BCUT2D eigenvalue weighted by molar-refractivity contribution is -0.0916. The summed E-state index contributed by atoms with van der Waals surface area (Å²) in [6.45, 7) is 0. The number of allylic oxidation sites excluding steroid dienone is 1. The molecule has 1 heterocycles. The number of aryl methyl sites for hydroxylation is 2. The Bertz CT molecular complexity index is 1150. The van der Waals surface area contributed by atoms with E-state index in [1.807, 2.05) is 0 Å². The minimum atomic E-state index is -4.67. The first-order chi connectivity index (χ1) is 15.1. The second kappa shape index (κ2) is 9.48. The van der Waals surface area contributed by atoms with Crippen LogP contribution in [0.15, 0.2) is 54.2 Å². The van der Waals surface area contributed by atoms with Crippen LogP contribution in [-0.4, -0.2) is 18.3 Å². The Hall–Kier alpha value is -3.26. The number of nitrogens with zero attached hydrogens (tertiary/aromatic N) is 1. The Balaban J connectivity index is 1.87. The molecule has 168 valence electrons. The van der Waals surface area contributed by atoms with Crippen LogP contribution in [0.25, 0.3) is 17.3 Å². The van der Waals surface area contributed by atoms with Crippen LogP contribution in [0.2, 0.25) is 5.02 Å². The van der Waals surface area contributed by atoms with Crippen LogP contribution in [0.4, 0.5) is 23.2 Å². The van der Waals surface area contributed by atoms with Gasteiger partial charge in [0.05, 0.1) is 17.8 Å². The quantitative estimate of drug-likeness (QED) is 0.357. The van der Waals surface area contributed by atoms with Gasteiger partial charge in [-0.25, -0.2) is 9.37 Å². The summed E-state index contributed by atoms with van der Waals surface area (Å²) < 4.78 is 57.0. The number of nitrogen functional groups attached to an aromatic ring is 1. The van der Waals surface area contributed by atoms with Crippen molar-refractivity contribution < 1.29 is 22.3 Å². The van der Waals surface area contributed by atoms with E-state index in [4.69, 9.17) is 27.8 Å². The SMILES string of the molecule is COc1ccc(CCc2cc(Cl)c(N)c(/C=C(\N)C(F)(F)F)c2)nc1-c1ccc(F)cc1. The zero-order valence-corrected chi connectivity index (χ0v) is 17.8. The number of benzene rings is 2. The molecule has 9 heteroatoms. The maximum atomic E-state index is 13.3. The average molecular weight is 466 g/mol. The molecule has 3 rings (SSSR count). The second-order valence-electron chi connectivity index (χ2n) is 7.04. The number of alkyl halides is 3. The van der Waals surface area contributed by atoms with E-state index < -0.39 is 11.9 Å². The number of methoxy groups -OCH3 is 1. The minimum Gasteiger partial charge on any atom is -0.494 e. The fourth-order valence-corrected chi connectivity index (χ4v) is 3.34. The summed E-state index contributed by atoms with van der Waals surface area (Å²) in [4.78, 5) is 4.62. The summed E-state index contributed by atoms with van der Waals surface area (Å²) >= 11 is 6.12. The highest BCUT2D eigenvalue weighted by molar-refractivity contribution is 6.33. The van der Waals surface area contributed by atoms with Gasteiger partial charge < -0.3 is 16.2 Å². The maximum absolute atomic E-state index is 13.3. The van der Waals surface area contributed by atoms with E-state index in [2.05, 4.69) is 4.98 Å². The summed E-state index contributed by atoms with van der Waals surface area (Å²) in [5.41, 5.74) is 12.4. The summed E-state index contributed by atoms with van der Waals surface area (Å²) in [5.74, 6) is 0.172. The smallest absolute Gasteiger partial charge is 0.430 e. The predicted molar refractivity (Wildman–Crippen MR) is 118 cm³/mol. The summed E-state index contributed by atoms with van der Waals surface area (Å²) in [6, 6.07) is 12.5. The highest BCUT2D eigenvalue weighted by Gasteiger charge is 2.31. The van der Waals surface area contributed by atoms with E-state index in [1.54, 1.807) is 30.3 Å². The fourth-order valence-electron chi connectivity index (χ4n) is 3.09. The minimum absolute atomic E-state index is 0.0174. The molecule has 1 aromatic heterocycles. The van der Waals surface area contributed by atoms with Gasteiger partial charge in [0, 0.05) is 16.8 Å². The third kappa shape index (κ3) is 5.50. The standard InChI is InChI=1S/C23H20ClF4N3O/c1-32-19-9-8-17(31-22(19)14-3-5-16(25)6-4-14)7-2-13-10-15(21(30)18(24)11-13)12-20(29)23(26,27)28/h3-6,8-12H,2,7,29-30H2,1H3/b20-12-. The van der Waals surface area contributed by atoms with Crippen molar-refractivity contribution in [2.75, 3.05) is 12.8 Å². The molecule has 4 nitrogen and oxygen atoms in total. The predicted octanol–water partition coefficient (Wildman–Crippen LogP) is 5.78. The number of pyridine rings is 1. The van der Waals surface area contributed by atoms with Crippen LogP contribution in [-0.2, 0) is 12.8 Å².